The van der Waals surface area contributed by atoms with E-state index in [1.54, 1.807) is 24.3 Å². The summed E-state index contributed by atoms with van der Waals surface area (Å²) in [6, 6.07) is 12.6. The molecular formula is C18H22O4S. The molecule has 0 saturated carbocycles. The number of hydrogen-bond acceptors (Lipinski definition) is 4. The van der Waals surface area contributed by atoms with Gasteiger partial charge in [-0.05, 0) is 42.7 Å². The highest BCUT2D eigenvalue weighted by molar-refractivity contribution is 7.90. The van der Waals surface area contributed by atoms with Crippen molar-refractivity contribution in [3.8, 4) is 5.75 Å². The van der Waals surface area contributed by atoms with Crippen molar-refractivity contribution >= 4 is 9.84 Å². The quantitative estimate of drug-likeness (QED) is 0.882. The molecule has 0 bridgehead atoms. The molecule has 0 aliphatic carbocycles. The van der Waals surface area contributed by atoms with Crippen molar-refractivity contribution in [2.75, 3.05) is 12.9 Å². The Balaban J connectivity index is 2.15. The molecule has 0 heterocycles. The monoisotopic (exact) mass is 334 g/mol. The molecule has 2 aromatic carbocycles. The molecule has 1 N–H and O–H groups in total. The third-order valence-corrected chi connectivity index (χ3v) is 5.34. The van der Waals surface area contributed by atoms with Crippen molar-refractivity contribution in [3.63, 3.8) is 0 Å². The molecule has 0 radical (unpaired) electrons. The standard InChI is InChI=1S/C18H22O4S/c1-13-7-8-14(2)16(9-13)11-23(20,21)12-18(19)15-5-4-6-17(10-15)22-3/h4-10,18-19H,11-12H2,1-3H3. The number of benzene rings is 2. The van der Waals surface area contributed by atoms with Crippen LogP contribution < -0.4 is 4.74 Å². The van der Waals surface area contributed by atoms with Gasteiger partial charge in [0.05, 0.1) is 24.7 Å². The van der Waals surface area contributed by atoms with Gasteiger partial charge in [-0.1, -0.05) is 35.9 Å². The number of hydrogen-bond donors (Lipinski definition) is 1. The molecule has 0 aliphatic rings. The fraction of sp³-hybridized carbons (Fsp3) is 0.333. The highest BCUT2D eigenvalue weighted by Crippen LogP contribution is 2.22. The predicted molar refractivity (Wildman–Crippen MR) is 91.4 cm³/mol. The van der Waals surface area contributed by atoms with Gasteiger partial charge in [0.2, 0.25) is 0 Å². The maximum absolute atomic E-state index is 12.4. The lowest BCUT2D eigenvalue weighted by molar-refractivity contribution is 0.201. The minimum absolute atomic E-state index is 0.0679. The van der Waals surface area contributed by atoms with Crippen LogP contribution in [-0.4, -0.2) is 26.4 Å². The zero-order valence-corrected chi connectivity index (χ0v) is 14.4. The highest BCUT2D eigenvalue weighted by atomic mass is 32.2. The highest BCUT2D eigenvalue weighted by Gasteiger charge is 2.20. The first-order valence-electron chi connectivity index (χ1n) is 7.39. The Morgan fingerprint density at radius 3 is 2.57 bits per heavy atom. The van der Waals surface area contributed by atoms with E-state index in [0.29, 0.717) is 11.3 Å². The molecule has 124 valence electrons. The molecule has 0 saturated heterocycles. The van der Waals surface area contributed by atoms with Crippen LogP contribution >= 0.6 is 0 Å². The Morgan fingerprint density at radius 2 is 1.87 bits per heavy atom. The average Bonchev–Trinajstić information content (AvgIpc) is 2.50. The fourth-order valence-electron chi connectivity index (χ4n) is 2.44. The van der Waals surface area contributed by atoms with Gasteiger partial charge in [0.25, 0.3) is 0 Å². The second-order valence-corrected chi connectivity index (χ2v) is 7.89. The number of aliphatic hydroxyl groups excluding tert-OH is 1. The predicted octanol–water partition coefficient (Wildman–Crippen LogP) is 2.96. The lowest BCUT2D eigenvalue weighted by Crippen LogP contribution is -2.17. The van der Waals surface area contributed by atoms with Crippen LogP contribution in [0.25, 0.3) is 0 Å². The molecule has 2 aromatic rings. The van der Waals surface area contributed by atoms with E-state index in [1.807, 2.05) is 32.0 Å². The largest absolute Gasteiger partial charge is 0.497 e. The summed E-state index contributed by atoms with van der Waals surface area (Å²) >= 11 is 0. The van der Waals surface area contributed by atoms with Crippen LogP contribution in [0.1, 0.15) is 28.4 Å². The van der Waals surface area contributed by atoms with Crippen molar-refractivity contribution in [1.29, 1.82) is 0 Å². The molecule has 4 nitrogen and oxygen atoms in total. The Kier molecular flexibility index (Phi) is 5.44. The Hall–Kier alpha value is -1.85. The summed E-state index contributed by atoms with van der Waals surface area (Å²) in [7, 11) is -1.90. The molecule has 1 atom stereocenters. The van der Waals surface area contributed by atoms with Crippen LogP contribution in [0.5, 0.6) is 5.75 Å². The van der Waals surface area contributed by atoms with Crippen LogP contribution in [0.15, 0.2) is 42.5 Å². The average molecular weight is 334 g/mol. The maximum Gasteiger partial charge on any atom is 0.157 e. The summed E-state index contributed by atoms with van der Waals surface area (Å²) in [6.45, 7) is 3.82. The van der Waals surface area contributed by atoms with Gasteiger partial charge in [-0.15, -0.1) is 0 Å². The lowest BCUT2D eigenvalue weighted by atomic mass is 10.1. The van der Waals surface area contributed by atoms with Crippen molar-refractivity contribution in [2.24, 2.45) is 0 Å². The number of aryl methyl sites for hydroxylation is 2. The molecule has 0 spiro atoms. The first-order chi connectivity index (χ1) is 10.8. The number of sulfone groups is 1. The number of aliphatic hydroxyl groups is 1. The molecule has 0 aromatic heterocycles. The topological polar surface area (TPSA) is 63.6 Å². The minimum Gasteiger partial charge on any atom is -0.497 e. The second-order valence-electron chi connectivity index (χ2n) is 5.78. The van der Waals surface area contributed by atoms with Crippen molar-refractivity contribution in [3.05, 3.63) is 64.7 Å². The number of methoxy groups -OCH3 is 1. The molecule has 2 rings (SSSR count). The maximum atomic E-state index is 12.4. The third-order valence-electron chi connectivity index (χ3n) is 3.77. The van der Waals surface area contributed by atoms with Gasteiger partial charge in [0, 0.05) is 0 Å². The fourth-order valence-corrected chi connectivity index (χ4v) is 4.01. The van der Waals surface area contributed by atoms with Gasteiger partial charge < -0.3 is 9.84 Å². The van der Waals surface area contributed by atoms with E-state index in [9.17, 15) is 13.5 Å². The second kappa shape index (κ2) is 7.15. The van der Waals surface area contributed by atoms with Gasteiger partial charge in [-0.25, -0.2) is 8.42 Å². The summed E-state index contributed by atoms with van der Waals surface area (Å²) in [6.07, 6.45) is -1.07. The first kappa shape index (κ1) is 17.5. The van der Waals surface area contributed by atoms with Gasteiger partial charge in [-0.2, -0.15) is 0 Å². The number of ether oxygens (including phenoxy) is 1. The van der Waals surface area contributed by atoms with Crippen LogP contribution in [0.2, 0.25) is 0 Å². The van der Waals surface area contributed by atoms with E-state index in [4.69, 9.17) is 4.74 Å². The van der Waals surface area contributed by atoms with Gasteiger partial charge >= 0.3 is 0 Å². The zero-order valence-electron chi connectivity index (χ0n) is 13.6. The Bertz CT molecular complexity index is 781. The summed E-state index contributed by atoms with van der Waals surface area (Å²) in [5.41, 5.74) is 3.28. The molecule has 23 heavy (non-hydrogen) atoms. The summed E-state index contributed by atoms with van der Waals surface area (Å²) in [4.78, 5) is 0. The van der Waals surface area contributed by atoms with Gasteiger partial charge in [0.15, 0.2) is 9.84 Å². The van der Waals surface area contributed by atoms with E-state index in [-0.39, 0.29) is 11.5 Å². The first-order valence-corrected chi connectivity index (χ1v) is 9.21. The SMILES string of the molecule is COc1cccc(C(O)CS(=O)(=O)Cc2cc(C)ccc2C)c1. The van der Waals surface area contributed by atoms with Crippen LogP contribution in [0.3, 0.4) is 0 Å². The van der Waals surface area contributed by atoms with Crippen LogP contribution in [-0.2, 0) is 15.6 Å². The van der Waals surface area contributed by atoms with E-state index in [2.05, 4.69) is 0 Å². The van der Waals surface area contributed by atoms with E-state index >= 15 is 0 Å². The van der Waals surface area contributed by atoms with Gasteiger partial charge in [0.1, 0.15) is 5.75 Å². The van der Waals surface area contributed by atoms with Crippen molar-refractivity contribution in [1.82, 2.24) is 0 Å². The van der Waals surface area contributed by atoms with E-state index < -0.39 is 15.9 Å². The van der Waals surface area contributed by atoms with Crippen molar-refractivity contribution in [2.45, 2.75) is 25.7 Å². The third kappa shape index (κ3) is 4.81. The smallest absolute Gasteiger partial charge is 0.157 e. The molecule has 1 unspecified atom stereocenters. The van der Waals surface area contributed by atoms with Crippen molar-refractivity contribution < 1.29 is 18.3 Å². The molecule has 0 amide bonds. The minimum atomic E-state index is -3.43. The van der Waals surface area contributed by atoms with Crippen LogP contribution in [0, 0.1) is 13.8 Å². The molecule has 5 heteroatoms. The van der Waals surface area contributed by atoms with E-state index in [0.717, 1.165) is 16.7 Å². The Morgan fingerprint density at radius 1 is 1.13 bits per heavy atom. The summed E-state index contributed by atoms with van der Waals surface area (Å²) in [5, 5.41) is 10.2. The summed E-state index contributed by atoms with van der Waals surface area (Å²) < 4.78 is 29.9. The molecule has 0 fully saturated rings. The normalized spacial score (nSPS) is 12.9. The van der Waals surface area contributed by atoms with Crippen LogP contribution in [0.4, 0.5) is 0 Å². The molecule has 0 aliphatic heterocycles. The number of rotatable bonds is 6. The lowest BCUT2D eigenvalue weighted by Gasteiger charge is -2.14. The molecular weight excluding hydrogens is 312 g/mol. The Labute approximate surface area is 137 Å². The van der Waals surface area contributed by atoms with Gasteiger partial charge in [-0.3, -0.25) is 0 Å². The summed E-state index contributed by atoms with van der Waals surface area (Å²) in [5.74, 6) is 0.211. The zero-order chi connectivity index (χ0) is 17.0. The van der Waals surface area contributed by atoms with E-state index in [1.165, 1.54) is 7.11 Å².